The number of pyridine rings is 1. The van der Waals surface area contributed by atoms with Crippen LogP contribution in [-0.2, 0) is 11.3 Å². The molecule has 1 saturated heterocycles. The number of rotatable bonds is 5. The molecule has 2 heterocycles. The molecule has 5 nitrogen and oxygen atoms in total. The molecule has 0 radical (unpaired) electrons. The summed E-state index contributed by atoms with van der Waals surface area (Å²) in [5, 5.41) is 9.30. The van der Waals surface area contributed by atoms with Crippen LogP contribution in [0.4, 0.5) is 11.5 Å². The number of carbonyl (C=O) groups is 1. The normalized spacial score (nSPS) is 21.0. The van der Waals surface area contributed by atoms with E-state index in [1.807, 2.05) is 42.4 Å². The van der Waals surface area contributed by atoms with Crippen LogP contribution in [0.3, 0.4) is 0 Å². The number of hydrogen-bond acceptors (Lipinski definition) is 4. The summed E-state index contributed by atoms with van der Waals surface area (Å²) in [4.78, 5) is 20.2. The van der Waals surface area contributed by atoms with Gasteiger partial charge in [-0.1, -0.05) is 31.2 Å². The Morgan fingerprint density at radius 2 is 2.00 bits per heavy atom. The van der Waals surface area contributed by atoms with Crippen LogP contribution in [0.2, 0.25) is 0 Å². The van der Waals surface area contributed by atoms with E-state index in [-0.39, 0.29) is 5.92 Å². The fourth-order valence-corrected chi connectivity index (χ4v) is 3.52. The summed E-state index contributed by atoms with van der Waals surface area (Å²) in [7, 11) is 2.00. The highest BCUT2D eigenvalue weighted by Gasteiger charge is 2.29. The number of hydrogen-bond donors (Lipinski definition) is 1. The van der Waals surface area contributed by atoms with E-state index in [2.05, 4.69) is 35.0 Å². The molecule has 2 atom stereocenters. The summed E-state index contributed by atoms with van der Waals surface area (Å²) in [5.41, 5.74) is 2.21. The third-order valence-electron chi connectivity index (χ3n) is 4.79. The van der Waals surface area contributed by atoms with Crippen molar-refractivity contribution in [3.05, 3.63) is 54.2 Å². The Morgan fingerprint density at radius 1 is 1.24 bits per heavy atom. The van der Waals surface area contributed by atoms with Gasteiger partial charge in [-0.05, 0) is 36.1 Å². The highest BCUT2D eigenvalue weighted by molar-refractivity contribution is 5.70. The molecular formula is C20H25N3O2. The number of anilines is 2. The van der Waals surface area contributed by atoms with Gasteiger partial charge in [-0.15, -0.1) is 0 Å². The van der Waals surface area contributed by atoms with Gasteiger partial charge >= 0.3 is 5.97 Å². The molecule has 132 valence electrons. The molecule has 5 heteroatoms. The molecule has 1 aromatic carbocycles. The standard InChI is InChI=1S/C20H25N3O2/c1-15-10-17(20(24)25)14-23(12-15)13-16-8-9-19(21-11-16)22(2)18-6-4-3-5-7-18/h3-9,11,15,17H,10,12-14H2,1-2H3,(H,24,25). The van der Waals surface area contributed by atoms with Crippen molar-refractivity contribution in [2.45, 2.75) is 19.9 Å². The van der Waals surface area contributed by atoms with Crippen LogP contribution in [0.1, 0.15) is 18.9 Å². The molecule has 1 N–H and O–H groups in total. The summed E-state index contributed by atoms with van der Waals surface area (Å²) < 4.78 is 0. The lowest BCUT2D eigenvalue weighted by molar-refractivity contribution is -0.144. The average molecular weight is 339 g/mol. The van der Waals surface area contributed by atoms with Crippen molar-refractivity contribution < 1.29 is 9.90 Å². The predicted molar refractivity (Wildman–Crippen MR) is 98.9 cm³/mol. The molecule has 1 aliphatic heterocycles. The number of likely N-dealkylation sites (tertiary alicyclic amines) is 1. The fraction of sp³-hybridized carbons (Fsp3) is 0.400. The second-order valence-electron chi connectivity index (χ2n) is 6.99. The number of piperidine rings is 1. The zero-order chi connectivity index (χ0) is 17.8. The summed E-state index contributed by atoms with van der Waals surface area (Å²) >= 11 is 0. The van der Waals surface area contributed by atoms with Crippen LogP contribution < -0.4 is 4.90 Å². The molecule has 0 aliphatic carbocycles. The fourth-order valence-electron chi connectivity index (χ4n) is 3.52. The molecule has 0 amide bonds. The van der Waals surface area contributed by atoms with Crippen LogP contribution in [0.15, 0.2) is 48.7 Å². The maximum atomic E-state index is 11.3. The molecule has 25 heavy (non-hydrogen) atoms. The van der Waals surface area contributed by atoms with E-state index in [4.69, 9.17) is 0 Å². The van der Waals surface area contributed by atoms with Crippen molar-refractivity contribution in [1.29, 1.82) is 0 Å². The zero-order valence-electron chi connectivity index (χ0n) is 14.8. The molecule has 2 unspecified atom stereocenters. The van der Waals surface area contributed by atoms with Crippen LogP contribution >= 0.6 is 0 Å². The minimum atomic E-state index is -0.686. The molecule has 3 rings (SSSR count). The molecule has 2 aromatic rings. The van der Waals surface area contributed by atoms with Gasteiger partial charge in [-0.2, -0.15) is 0 Å². The first-order valence-electron chi connectivity index (χ1n) is 8.72. The second kappa shape index (κ2) is 7.66. The van der Waals surface area contributed by atoms with Gasteiger partial charge in [-0.25, -0.2) is 4.98 Å². The molecule has 0 spiro atoms. The number of carboxylic acids is 1. The van der Waals surface area contributed by atoms with E-state index in [9.17, 15) is 9.90 Å². The lowest BCUT2D eigenvalue weighted by atomic mass is 9.90. The van der Waals surface area contributed by atoms with Crippen LogP contribution in [-0.4, -0.2) is 41.1 Å². The largest absolute Gasteiger partial charge is 0.481 e. The summed E-state index contributed by atoms with van der Waals surface area (Å²) in [6.45, 7) is 4.43. The van der Waals surface area contributed by atoms with Gasteiger partial charge in [0.25, 0.3) is 0 Å². The second-order valence-corrected chi connectivity index (χ2v) is 6.99. The van der Waals surface area contributed by atoms with Crippen LogP contribution in [0.25, 0.3) is 0 Å². The van der Waals surface area contributed by atoms with Gasteiger partial charge in [0.15, 0.2) is 0 Å². The minimum absolute atomic E-state index is 0.264. The van der Waals surface area contributed by atoms with Gasteiger partial charge in [0.1, 0.15) is 5.82 Å². The van der Waals surface area contributed by atoms with Crippen molar-refractivity contribution in [1.82, 2.24) is 9.88 Å². The highest BCUT2D eigenvalue weighted by Crippen LogP contribution is 2.24. The number of para-hydroxylation sites is 1. The molecule has 0 bridgehead atoms. The monoisotopic (exact) mass is 339 g/mol. The van der Waals surface area contributed by atoms with E-state index in [0.717, 1.165) is 36.6 Å². The predicted octanol–water partition coefficient (Wildman–Crippen LogP) is 3.39. The lowest BCUT2D eigenvalue weighted by Crippen LogP contribution is -2.41. The Morgan fingerprint density at radius 3 is 2.64 bits per heavy atom. The van der Waals surface area contributed by atoms with E-state index < -0.39 is 5.97 Å². The number of benzene rings is 1. The van der Waals surface area contributed by atoms with Gasteiger partial charge < -0.3 is 10.0 Å². The van der Waals surface area contributed by atoms with Crippen LogP contribution in [0, 0.1) is 11.8 Å². The molecular weight excluding hydrogens is 314 g/mol. The number of aromatic nitrogens is 1. The molecule has 0 saturated carbocycles. The van der Waals surface area contributed by atoms with Crippen LogP contribution in [0.5, 0.6) is 0 Å². The maximum absolute atomic E-state index is 11.3. The Kier molecular flexibility index (Phi) is 5.34. The van der Waals surface area contributed by atoms with Gasteiger partial charge in [-0.3, -0.25) is 9.69 Å². The minimum Gasteiger partial charge on any atom is -0.481 e. The zero-order valence-corrected chi connectivity index (χ0v) is 14.8. The first-order valence-corrected chi connectivity index (χ1v) is 8.72. The van der Waals surface area contributed by atoms with Crippen molar-refractivity contribution >= 4 is 17.5 Å². The Bertz CT molecular complexity index is 703. The first-order chi connectivity index (χ1) is 12.0. The summed E-state index contributed by atoms with van der Waals surface area (Å²) in [6, 6.07) is 14.2. The molecule has 1 aromatic heterocycles. The van der Waals surface area contributed by atoms with Gasteiger partial charge in [0.05, 0.1) is 5.92 Å². The SMILES string of the molecule is CC1CC(C(=O)O)CN(Cc2ccc(N(C)c3ccccc3)nc2)C1. The smallest absolute Gasteiger partial charge is 0.307 e. The summed E-state index contributed by atoms with van der Waals surface area (Å²) in [5.74, 6) is 0.353. The van der Waals surface area contributed by atoms with Gasteiger partial charge in [0, 0.05) is 38.6 Å². The van der Waals surface area contributed by atoms with Crippen molar-refractivity contribution in [2.75, 3.05) is 25.0 Å². The number of carboxylic acid groups (broad SMARTS) is 1. The Hall–Kier alpha value is -2.40. The average Bonchev–Trinajstić information content (AvgIpc) is 2.62. The third kappa shape index (κ3) is 4.37. The van der Waals surface area contributed by atoms with Crippen molar-refractivity contribution in [3.8, 4) is 0 Å². The first kappa shape index (κ1) is 17.4. The van der Waals surface area contributed by atoms with E-state index >= 15 is 0 Å². The van der Waals surface area contributed by atoms with Crippen molar-refractivity contribution in [3.63, 3.8) is 0 Å². The molecule has 1 aliphatic rings. The Labute approximate surface area is 148 Å². The molecule has 1 fully saturated rings. The quantitative estimate of drug-likeness (QED) is 0.905. The topological polar surface area (TPSA) is 56.7 Å². The van der Waals surface area contributed by atoms with E-state index in [1.165, 1.54) is 0 Å². The van der Waals surface area contributed by atoms with Gasteiger partial charge in [0.2, 0.25) is 0 Å². The number of nitrogens with zero attached hydrogens (tertiary/aromatic N) is 3. The highest BCUT2D eigenvalue weighted by atomic mass is 16.4. The van der Waals surface area contributed by atoms with Crippen molar-refractivity contribution in [2.24, 2.45) is 11.8 Å². The lowest BCUT2D eigenvalue weighted by Gasteiger charge is -2.34. The Balaban J connectivity index is 1.65. The van der Waals surface area contributed by atoms with E-state index in [1.54, 1.807) is 0 Å². The third-order valence-corrected chi connectivity index (χ3v) is 4.79. The van der Waals surface area contributed by atoms with E-state index in [0.29, 0.717) is 12.5 Å². The summed E-state index contributed by atoms with van der Waals surface area (Å²) in [6.07, 6.45) is 2.66. The number of aliphatic carboxylic acids is 1. The maximum Gasteiger partial charge on any atom is 0.307 e.